The van der Waals surface area contributed by atoms with Gasteiger partial charge in [-0.3, -0.25) is 0 Å². The van der Waals surface area contributed by atoms with Crippen molar-refractivity contribution >= 4 is 10.9 Å². The van der Waals surface area contributed by atoms with Gasteiger partial charge in [-0.1, -0.05) is 13.8 Å². The van der Waals surface area contributed by atoms with E-state index in [1.165, 1.54) is 6.07 Å². The molecule has 1 nitrogen and oxygen atoms in total. The van der Waals surface area contributed by atoms with Gasteiger partial charge in [-0.15, -0.1) is 0 Å². The van der Waals surface area contributed by atoms with E-state index in [-0.39, 0.29) is 5.82 Å². The lowest BCUT2D eigenvalue weighted by atomic mass is 10.2. The molecule has 1 aromatic heterocycles. The Balaban J connectivity index is 0.000000461. The Kier molecular flexibility index (Phi) is 3.28. The molecule has 0 aliphatic heterocycles. The highest BCUT2D eigenvalue weighted by molar-refractivity contribution is 5.81. The van der Waals surface area contributed by atoms with E-state index in [1.54, 1.807) is 12.1 Å². The molecule has 0 aliphatic rings. The SMILES string of the molecule is CC.Cc1cc2cc(F)ccc2n1C. The molecule has 0 fully saturated rings. The van der Waals surface area contributed by atoms with E-state index in [4.69, 9.17) is 0 Å². The van der Waals surface area contributed by atoms with Gasteiger partial charge in [-0.2, -0.15) is 0 Å². The molecule has 0 N–H and O–H groups in total. The first-order chi connectivity index (χ1) is 6.68. The van der Waals surface area contributed by atoms with Gasteiger partial charge in [-0.05, 0) is 31.2 Å². The van der Waals surface area contributed by atoms with Crippen LogP contribution < -0.4 is 0 Å². The molecule has 0 amide bonds. The summed E-state index contributed by atoms with van der Waals surface area (Å²) in [7, 11) is 1.98. The molecule has 0 unspecified atom stereocenters. The van der Waals surface area contributed by atoms with Crippen LogP contribution in [-0.2, 0) is 7.05 Å². The molecular formula is C12H16FN. The second-order valence-electron chi connectivity index (χ2n) is 3.05. The summed E-state index contributed by atoms with van der Waals surface area (Å²) in [6.45, 7) is 6.01. The maximum atomic E-state index is 12.8. The van der Waals surface area contributed by atoms with Crippen molar-refractivity contribution in [3.05, 3.63) is 35.8 Å². The smallest absolute Gasteiger partial charge is 0.123 e. The molecule has 2 aromatic rings. The molecule has 0 saturated heterocycles. The minimum absolute atomic E-state index is 0.173. The molecule has 1 heterocycles. The van der Waals surface area contributed by atoms with Gasteiger partial charge in [0.15, 0.2) is 0 Å². The van der Waals surface area contributed by atoms with Crippen molar-refractivity contribution in [2.45, 2.75) is 20.8 Å². The van der Waals surface area contributed by atoms with Crippen LogP contribution >= 0.6 is 0 Å². The number of hydrogen-bond donors (Lipinski definition) is 0. The fourth-order valence-corrected chi connectivity index (χ4v) is 1.46. The van der Waals surface area contributed by atoms with Crippen LogP contribution in [0.3, 0.4) is 0 Å². The fourth-order valence-electron chi connectivity index (χ4n) is 1.46. The van der Waals surface area contributed by atoms with Gasteiger partial charge in [-0.25, -0.2) is 4.39 Å². The van der Waals surface area contributed by atoms with E-state index in [0.29, 0.717) is 0 Å². The normalized spacial score (nSPS) is 9.79. The van der Waals surface area contributed by atoms with Crippen LogP contribution in [0.4, 0.5) is 4.39 Å². The van der Waals surface area contributed by atoms with Gasteiger partial charge in [0.25, 0.3) is 0 Å². The Labute approximate surface area is 84.2 Å². The summed E-state index contributed by atoms with van der Waals surface area (Å²) in [4.78, 5) is 0. The topological polar surface area (TPSA) is 4.93 Å². The lowest BCUT2D eigenvalue weighted by Gasteiger charge is -1.97. The summed E-state index contributed by atoms with van der Waals surface area (Å²) in [5.74, 6) is -0.173. The maximum absolute atomic E-state index is 12.8. The zero-order valence-electron chi connectivity index (χ0n) is 9.13. The fraction of sp³-hybridized carbons (Fsp3) is 0.333. The average Bonchev–Trinajstić information content (AvgIpc) is 2.45. The number of aryl methyl sites for hydroxylation is 2. The molecule has 14 heavy (non-hydrogen) atoms. The molecule has 76 valence electrons. The van der Waals surface area contributed by atoms with E-state index in [0.717, 1.165) is 16.6 Å². The molecule has 0 bridgehead atoms. The lowest BCUT2D eigenvalue weighted by molar-refractivity contribution is 0.629. The van der Waals surface area contributed by atoms with E-state index < -0.39 is 0 Å². The summed E-state index contributed by atoms with van der Waals surface area (Å²) >= 11 is 0. The number of benzene rings is 1. The average molecular weight is 193 g/mol. The molecule has 0 saturated carbocycles. The first kappa shape index (κ1) is 10.8. The highest BCUT2D eigenvalue weighted by Crippen LogP contribution is 2.18. The molecule has 0 aliphatic carbocycles. The Morgan fingerprint density at radius 1 is 1.14 bits per heavy atom. The number of rotatable bonds is 0. The van der Waals surface area contributed by atoms with Gasteiger partial charge in [0.2, 0.25) is 0 Å². The third-order valence-corrected chi connectivity index (χ3v) is 2.24. The predicted molar refractivity (Wildman–Crippen MR) is 59.0 cm³/mol. The van der Waals surface area contributed by atoms with Gasteiger partial charge >= 0.3 is 0 Å². The van der Waals surface area contributed by atoms with Crippen molar-refractivity contribution in [2.24, 2.45) is 7.05 Å². The van der Waals surface area contributed by atoms with Gasteiger partial charge in [0.05, 0.1) is 0 Å². The largest absolute Gasteiger partial charge is 0.348 e. The van der Waals surface area contributed by atoms with Crippen LogP contribution in [0, 0.1) is 12.7 Å². The van der Waals surface area contributed by atoms with Crippen LogP contribution in [0.1, 0.15) is 19.5 Å². The van der Waals surface area contributed by atoms with Crippen molar-refractivity contribution in [1.29, 1.82) is 0 Å². The first-order valence-corrected chi connectivity index (χ1v) is 4.90. The number of hydrogen-bond acceptors (Lipinski definition) is 0. The van der Waals surface area contributed by atoms with Crippen molar-refractivity contribution < 1.29 is 4.39 Å². The standard InChI is InChI=1S/C10H10FN.C2H6/c1-7-5-8-6-9(11)3-4-10(8)12(7)2;1-2/h3-6H,1-2H3;1-2H3. The molecule has 0 atom stereocenters. The summed E-state index contributed by atoms with van der Waals surface area (Å²) in [6, 6.07) is 6.83. The van der Waals surface area contributed by atoms with Gasteiger partial charge < -0.3 is 4.57 Å². The van der Waals surface area contributed by atoms with E-state index >= 15 is 0 Å². The Hall–Kier alpha value is -1.31. The molecule has 2 heteroatoms. The monoisotopic (exact) mass is 193 g/mol. The predicted octanol–water partition coefficient (Wildman–Crippen LogP) is 3.65. The minimum Gasteiger partial charge on any atom is -0.348 e. The Bertz CT molecular complexity index is 429. The van der Waals surface area contributed by atoms with Crippen molar-refractivity contribution in [2.75, 3.05) is 0 Å². The van der Waals surface area contributed by atoms with Crippen LogP contribution in [0.15, 0.2) is 24.3 Å². The van der Waals surface area contributed by atoms with Gasteiger partial charge in [0, 0.05) is 23.6 Å². The third kappa shape index (κ3) is 1.79. The van der Waals surface area contributed by atoms with Gasteiger partial charge in [0.1, 0.15) is 5.82 Å². The van der Waals surface area contributed by atoms with Crippen LogP contribution in [0.5, 0.6) is 0 Å². The number of aromatic nitrogens is 1. The highest BCUT2D eigenvalue weighted by atomic mass is 19.1. The highest BCUT2D eigenvalue weighted by Gasteiger charge is 2.01. The molecule has 1 aromatic carbocycles. The quantitative estimate of drug-likeness (QED) is 0.602. The molecule has 0 radical (unpaired) electrons. The van der Waals surface area contributed by atoms with E-state index in [1.807, 2.05) is 33.9 Å². The lowest BCUT2D eigenvalue weighted by Crippen LogP contribution is -1.88. The van der Waals surface area contributed by atoms with Crippen molar-refractivity contribution in [3.63, 3.8) is 0 Å². The van der Waals surface area contributed by atoms with Crippen molar-refractivity contribution in [3.8, 4) is 0 Å². The summed E-state index contributed by atoms with van der Waals surface area (Å²) < 4.78 is 14.8. The molecular weight excluding hydrogens is 177 g/mol. The first-order valence-electron chi connectivity index (χ1n) is 4.90. The molecule has 0 spiro atoms. The van der Waals surface area contributed by atoms with E-state index in [2.05, 4.69) is 4.57 Å². The van der Waals surface area contributed by atoms with Crippen molar-refractivity contribution in [1.82, 2.24) is 4.57 Å². The zero-order valence-corrected chi connectivity index (χ0v) is 9.13. The Morgan fingerprint density at radius 2 is 1.79 bits per heavy atom. The van der Waals surface area contributed by atoms with E-state index in [9.17, 15) is 4.39 Å². The number of fused-ring (bicyclic) bond motifs is 1. The second kappa shape index (κ2) is 4.27. The summed E-state index contributed by atoms with van der Waals surface area (Å²) in [5.41, 5.74) is 2.23. The summed E-state index contributed by atoms with van der Waals surface area (Å²) in [5, 5.41) is 0.968. The minimum atomic E-state index is -0.173. The van der Waals surface area contributed by atoms with Crippen LogP contribution in [0.2, 0.25) is 0 Å². The third-order valence-electron chi connectivity index (χ3n) is 2.24. The number of nitrogens with zero attached hydrogens (tertiary/aromatic N) is 1. The maximum Gasteiger partial charge on any atom is 0.123 e. The van der Waals surface area contributed by atoms with Crippen LogP contribution in [-0.4, -0.2) is 4.57 Å². The number of halogens is 1. The zero-order chi connectivity index (χ0) is 10.7. The Morgan fingerprint density at radius 3 is 2.43 bits per heavy atom. The summed E-state index contributed by atoms with van der Waals surface area (Å²) in [6.07, 6.45) is 0. The second-order valence-corrected chi connectivity index (χ2v) is 3.05. The van der Waals surface area contributed by atoms with Crippen LogP contribution in [0.25, 0.3) is 10.9 Å². The molecule has 2 rings (SSSR count).